The lowest BCUT2D eigenvalue weighted by atomic mass is 10.2. The van der Waals surface area contributed by atoms with Crippen molar-refractivity contribution in [1.82, 2.24) is 5.01 Å². The molecule has 0 spiro atoms. The Hall–Kier alpha value is -1.38. The summed E-state index contributed by atoms with van der Waals surface area (Å²) in [5, 5.41) is 10.4. The van der Waals surface area contributed by atoms with Gasteiger partial charge in [0.2, 0.25) is 0 Å². The molecule has 0 saturated heterocycles. The molecule has 0 bridgehead atoms. The van der Waals surface area contributed by atoms with Crippen LogP contribution >= 0.6 is 22.6 Å². The van der Waals surface area contributed by atoms with E-state index in [1.807, 2.05) is 18.9 Å². The Morgan fingerprint density at radius 3 is 2.59 bits per heavy atom. The smallest absolute Gasteiger partial charge is 0.338 e. The standard InChI is InChI=1S/C15H20IN3O3/c1-4-19(5-2)18-17-14-12(16)8-10(15(20)21-3)9-13(14)22-11-6-7-11/h8-9,11H,4-7H2,1-3H3. The Morgan fingerprint density at radius 1 is 1.36 bits per heavy atom. The minimum atomic E-state index is -0.384. The number of nitrogens with zero attached hydrogens (tertiary/aromatic N) is 3. The molecule has 7 heteroatoms. The van der Waals surface area contributed by atoms with Crippen LogP contribution in [0.1, 0.15) is 37.0 Å². The van der Waals surface area contributed by atoms with E-state index in [4.69, 9.17) is 9.47 Å². The van der Waals surface area contributed by atoms with E-state index < -0.39 is 0 Å². The zero-order valence-electron chi connectivity index (χ0n) is 13.0. The van der Waals surface area contributed by atoms with E-state index in [1.54, 1.807) is 12.1 Å². The van der Waals surface area contributed by atoms with Crippen LogP contribution in [0.2, 0.25) is 0 Å². The molecule has 0 N–H and O–H groups in total. The largest absolute Gasteiger partial charge is 0.488 e. The minimum absolute atomic E-state index is 0.214. The van der Waals surface area contributed by atoms with Gasteiger partial charge in [0, 0.05) is 16.7 Å². The van der Waals surface area contributed by atoms with E-state index in [0.717, 1.165) is 29.5 Å². The van der Waals surface area contributed by atoms with Crippen LogP contribution in [0.25, 0.3) is 0 Å². The number of rotatable bonds is 7. The van der Waals surface area contributed by atoms with Gasteiger partial charge in [-0.05, 0) is 61.4 Å². The van der Waals surface area contributed by atoms with Crippen LogP contribution in [0, 0.1) is 3.57 Å². The van der Waals surface area contributed by atoms with E-state index in [0.29, 0.717) is 17.0 Å². The monoisotopic (exact) mass is 417 g/mol. The number of carbonyl (C=O) groups is 1. The number of methoxy groups -OCH3 is 1. The summed E-state index contributed by atoms with van der Waals surface area (Å²) in [6, 6.07) is 3.42. The first-order chi connectivity index (χ1) is 10.6. The lowest BCUT2D eigenvalue weighted by Gasteiger charge is -2.14. The maximum Gasteiger partial charge on any atom is 0.338 e. The molecule has 0 amide bonds. The molecule has 0 unspecified atom stereocenters. The molecule has 1 aromatic carbocycles. The highest BCUT2D eigenvalue weighted by Crippen LogP contribution is 2.38. The summed E-state index contributed by atoms with van der Waals surface area (Å²) in [7, 11) is 1.37. The van der Waals surface area contributed by atoms with Gasteiger partial charge in [0.15, 0.2) is 0 Å². The molecular weight excluding hydrogens is 397 g/mol. The molecule has 120 valence electrons. The van der Waals surface area contributed by atoms with Crippen LogP contribution in [0.5, 0.6) is 5.75 Å². The Balaban J connectivity index is 2.35. The van der Waals surface area contributed by atoms with Crippen LogP contribution in [0.3, 0.4) is 0 Å². The third-order valence-electron chi connectivity index (χ3n) is 3.27. The van der Waals surface area contributed by atoms with Crippen molar-refractivity contribution < 1.29 is 14.3 Å². The fourth-order valence-electron chi connectivity index (χ4n) is 1.82. The predicted octanol–water partition coefficient (Wildman–Crippen LogP) is 3.96. The van der Waals surface area contributed by atoms with Gasteiger partial charge in [-0.15, -0.1) is 5.11 Å². The molecule has 22 heavy (non-hydrogen) atoms. The first-order valence-electron chi connectivity index (χ1n) is 7.34. The number of benzene rings is 1. The Kier molecular flexibility index (Phi) is 5.98. The minimum Gasteiger partial charge on any atom is -0.488 e. The van der Waals surface area contributed by atoms with Crippen molar-refractivity contribution in [3.63, 3.8) is 0 Å². The molecule has 0 atom stereocenters. The van der Waals surface area contributed by atoms with E-state index in [9.17, 15) is 4.79 Å². The summed E-state index contributed by atoms with van der Waals surface area (Å²) in [6.45, 7) is 5.62. The molecule has 2 rings (SSSR count). The molecule has 1 fully saturated rings. The fraction of sp³-hybridized carbons (Fsp3) is 0.533. The number of esters is 1. The van der Waals surface area contributed by atoms with Crippen molar-refractivity contribution in [3.8, 4) is 5.75 Å². The molecule has 0 radical (unpaired) electrons. The van der Waals surface area contributed by atoms with Gasteiger partial charge >= 0.3 is 5.97 Å². The summed E-state index contributed by atoms with van der Waals surface area (Å²) < 4.78 is 11.5. The Labute approximate surface area is 144 Å². The van der Waals surface area contributed by atoms with Gasteiger partial charge in [0.05, 0.1) is 18.8 Å². The molecule has 0 heterocycles. The van der Waals surface area contributed by atoms with Gasteiger partial charge in [-0.25, -0.2) is 4.79 Å². The maximum absolute atomic E-state index is 11.7. The number of halogens is 1. The van der Waals surface area contributed by atoms with Gasteiger partial charge in [-0.1, -0.05) is 5.22 Å². The molecule has 1 saturated carbocycles. The van der Waals surface area contributed by atoms with Gasteiger partial charge < -0.3 is 9.47 Å². The number of ether oxygens (including phenoxy) is 2. The van der Waals surface area contributed by atoms with E-state index >= 15 is 0 Å². The topological polar surface area (TPSA) is 63.5 Å². The van der Waals surface area contributed by atoms with Gasteiger partial charge in [0.1, 0.15) is 11.4 Å². The highest BCUT2D eigenvalue weighted by molar-refractivity contribution is 14.1. The van der Waals surface area contributed by atoms with Crippen molar-refractivity contribution in [3.05, 3.63) is 21.3 Å². The first kappa shape index (κ1) is 17.0. The fourth-order valence-corrected chi connectivity index (χ4v) is 2.53. The summed E-state index contributed by atoms with van der Waals surface area (Å²) in [6.07, 6.45) is 2.28. The van der Waals surface area contributed by atoms with Crippen molar-refractivity contribution >= 4 is 34.2 Å². The molecule has 0 aliphatic heterocycles. The highest BCUT2D eigenvalue weighted by Gasteiger charge is 2.26. The highest BCUT2D eigenvalue weighted by atomic mass is 127. The van der Waals surface area contributed by atoms with Crippen LogP contribution in [0.15, 0.2) is 22.5 Å². The van der Waals surface area contributed by atoms with E-state index in [-0.39, 0.29) is 12.1 Å². The van der Waals surface area contributed by atoms with Crippen molar-refractivity contribution in [2.24, 2.45) is 10.3 Å². The third-order valence-corrected chi connectivity index (χ3v) is 4.09. The molecule has 1 aliphatic rings. The second kappa shape index (κ2) is 7.75. The molecule has 6 nitrogen and oxygen atoms in total. The summed E-state index contributed by atoms with van der Waals surface area (Å²) >= 11 is 2.14. The molecule has 1 aromatic rings. The lowest BCUT2D eigenvalue weighted by Crippen LogP contribution is -2.14. The van der Waals surface area contributed by atoms with Crippen molar-refractivity contribution in [2.45, 2.75) is 32.8 Å². The van der Waals surface area contributed by atoms with E-state index in [2.05, 4.69) is 32.9 Å². The number of hydrogen-bond acceptors (Lipinski definition) is 5. The van der Waals surface area contributed by atoms with Gasteiger partial charge in [0.25, 0.3) is 0 Å². The van der Waals surface area contributed by atoms with Crippen molar-refractivity contribution in [1.29, 1.82) is 0 Å². The van der Waals surface area contributed by atoms with Crippen LogP contribution < -0.4 is 4.74 Å². The van der Waals surface area contributed by atoms with Gasteiger partial charge in [-0.2, -0.15) is 0 Å². The second-order valence-corrected chi connectivity index (χ2v) is 6.10. The van der Waals surface area contributed by atoms with Crippen LogP contribution in [-0.4, -0.2) is 37.3 Å². The van der Waals surface area contributed by atoms with Crippen molar-refractivity contribution in [2.75, 3.05) is 20.2 Å². The second-order valence-electron chi connectivity index (χ2n) is 4.94. The summed E-state index contributed by atoms with van der Waals surface area (Å²) in [4.78, 5) is 11.7. The zero-order valence-corrected chi connectivity index (χ0v) is 15.2. The SMILES string of the molecule is CCN(CC)N=Nc1c(I)cc(C(=O)OC)cc1OC1CC1. The number of carbonyl (C=O) groups excluding carboxylic acids is 1. The summed E-state index contributed by atoms with van der Waals surface area (Å²) in [5.41, 5.74) is 1.12. The third kappa shape index (κ3) is 4.31. The van der Waals surface area contributed by atoms with Gasteiger partial charge in [-0.3, -0.25) is 5.01 Å². The lowest BCUT2D eigenvalue weighted by molar-refractivity contribution is 0.0600. The quantitative estimate of drug-likeness (QED) is 0.292. The zero-order chi connectivity index (χ0) is 16.1. The average molecular weight is 417 g/mol. The summed E-state index contributed by atoms with van der Waals surface area (Å²) in [5.74, 6) is 0.205. The maximum atomic E-state index is 11.7. The molecule has 1 aliphatic carbocycles. The Morgan fingerprint density at radius 2 is 2.05 bits per heavy atom. The normalized spacial score (nSPS) is 14.2. The number of hydrogen-bond donors (Lipinski definition) is 0. The predicted molar refractivity (Wildman–Crippen MR) is 91.6 cm³/mol. The average Bonchev–Trinajstić information content (AvgIpc) is 3.33. The Bertz CT molecular complexity index is 569. The molecule has 0 aromatic heterocycles. The van der Waals surface area contributed by atoms with E-state index in [1.165, 1.54) is 7.11 Å². The molecular formula is C15H20IN3O3. The van der Waals surface area contributed by atoms with Crippen LogP contribution in [-0.2, 0) is 4.74 Å². The van der Waals surface area contributed by atoms with Crippen LogP contribution in [0.4, 0.5) is 5.69 Å². The first-order valence-corrected chi connectivity index (χ1v) is 8.42.